The summed E-state index contributed by atoms with van der Waals surface area (Å²) in [5.74, 6) is -2.54. The van der Waals surface area contributed by atoms with Gasteiger partial charge in [0.2, 0.25) is 0 Å². The quantitative estimate of drug-likeness (QED) is 0.182. The summed E-state index contributed by atoms with van der Waals surface area (Å²) in [6.45, 7) is 5.35. The molecule has 3 rings (SSSR count). The van der Waals surface area contributed by atoms with E-state index in [1.807, 2.05) is 18.2 Å². The maximum Gasteiger partial charge on any atom is 0.346 e. The van der Waals surface area contributed by atoms with Crippen LogP contribution < -0.4 is 10.4 Å². The van der Waals surface area contributed by atoms with E-state index in [0.29, 0.717) is 30.4 Å². The van der Waals surface area contributed by atoms with E-state index in [9.17, 15) is 13.6 Å². The molecule has 0 unspecified atom stereocenters. The SMILES string of the molecule is C=CCC/C=C/CCc1ccc(COc2ccc3cc(CCCCC)oc(=O)c3c2F)c(F)c1F. The minimum absolute atomic E-state index is 0.0365. The van der Waals surface area contributed by atoms with Crippen LogP contribution in [0.3, 0.4) is 0 Å². The molecular formula is C29H31F3O3. The van der Waals surface area contributed by atoms with Crippen molar-refractivity contribution in [2.24, 2.45) is 0 Å². The molecule has 0 atom stereocenters. The predicted molar refractivity (Wildman–Crippen MR) is 133 cm³/mol. The summed E-state index contributed by atoms with van der Waals surface area (Å²) in [6.07, 6.45) is 12.0. The molecular weight excluding hydrogens is 453 g/mol. The number of halogens is 3. The highest BCUT2D eigenvalue weighted by atomic mass is 19.2. The van der Waals surface area contributed by atoms with Gasteiger partial charge in [0.05, 0.1) is 0 Å². The smallest absolute Gasteiger partial charge is 0.346 e. The van der Waals surface area contributed by atoms with Crippen molar-refractivity contribution in [3.63, 3.8) is 0 Å². The minimum atomic E-state index is -1.02. The molecule has 0 spiro atoms. The van der Waals surface area contributed by atoms with Crippen LogP contribution >= 0.6 is 0 Å². The molecule has 0 bridgehead atoms. The molecule has 2 aromatic carbocycles. The molecule has 0 aliphatic carbocycles. The van der Waals surface area contributed by atoms with Crippen molar-refractivity contribution < 1.29 is 22.3 Å². The van der Waals surface area contributed by atoms with Crippen LogP contribution in [-0.2, 0) is 19.4 Å². The lowest BCUT2D eigenvalue weighted by Gasteiger charge is -2.11. The number of rotatable bonds is 13. The van der Waals surface area contributed by atoms with Crippen molar-refractivity contribution in [3.8, 4) is 5.75 Å². The van der Waals surface area contributed by atoms with Crippen LogP contribution in [0.25, 0.3) is 10.8 Å². The molecule has 1 heterocycles. The third-order valence-electron chi connectivity index (χ3n) is 5.82. The zero-order valence-electron chi connectivity index (χ0n) is 20.0. The van der Waals surface area contributed by atoms with Crippen LogP contribution in [-0.4, -0.2) is 0 Å². The van der Waals surface area contributed by atoms with E-state index in [0.717, 1.165) is 32.1 Å². The van der Waals surface area contributed by atoms with Gasteiger partial charge in [-0.25, -0.2) is 18.0 Å². The number of unbranched alkanes of at least 4 members (excludes halogenated alkanes) is 3. The van der Waals surface area contributed by atoms with Crippen LogP contribution in [0.2, 0.25) is 0 Å². The molecule has 3 nitrogen and oxygen atoms in total. The van der Waals surface area contributed by atoms with Gasteiger partial charge in [-0.3, -0.25) is 0 Å². The molecule has 0 saturated heterocycles. The summed E-state index contributed by atoms with van der Waals surface area (Å²) >= 11 is 0. The van der Waals surface area contributed by atoms with E-state index in [1.165, 1.54) is 18.2 Å². The average Bonchev–Trinajstić information content (AvgIpc) is 2.84. The van der Waals surface area contributed by atoms with E-state index in [2.05, 4.69) is 13.5 Å². The Morgan fingerprint density at radius 1 is 0.914 bits per heavy atom. The van der Waals surface area contributed by atoms with E-state index in [4.69, 9.17) is 9.15 Å². The lowest BCUT2D eigenvalue weighted by Crippen LogP contribution is -2.08. The Morgan fingerprint density at radius 2 is 1.66 bits per heavy atom. The fraction of sp³-hybridized carbons (Fsp3) is 0.345. The van der Waals surface area contributed by atoms with Gasteiger partial charge < -0.3 is 9.15 Å². The second-order valence-corrected chi connectivity index (χ2v) is 8.48. The Balaban J connectivity index is 1.70. The van der Waals surface area contributed by atoms with Gasteiger partial charge in [0.1, 0.15) is 17.8 Å². The molecule has 0 amide bonds. The van der Waals surface area contributed by atoms with Gasteiger partial charge in [-0.1, -0.05) is 56.2 Å². The van der Waals surface area contributed by atoms with Crippen molar-refractivity contribution >= 4 is 10.8 Å². The van der Waals surface area contributed by atoms with Crippen LogP contribution in [0.1, 0.15) is 62.3 Å². The second-order valence-electron chi connectivity index (χ2n) is 8.48. The van der Waals surface area contributed by atoms with Crippen molar-refractivity contribution in [3.05, 3.63) is 99.9 Å². The third-order valence-corrected chi connectivity index (χ3v) is 5.82. The molecule has 6 heteroatoms. The van der Waals surface area contributed by atoms with Gasteiger partial charge in [0.25, 0.3) is 0 Å². The summed E-state index contributed by atoms with van der Waals surface area (Å²) in [5, 5.41) is 0.197. The third kappa shape index (κ3) is 6.87. The first kappa shape index (κ1) is 26.3. The van der Waals surface area contributed by atoms with E-state index >= 15 is 4.39 Å². The second kappa shape index (κ2) is 13.0. The number of fused-ring (bicyclic) bond motifs is 1. The lowest BCUT2D eigenvalue weighted by atomic mass is 10.1. The van der Waals surface area contributed by atoms with Gasteiger partial charge in [0.15, 0.2) is 23.2 Å². The van der Waals surface area contributed by atoms with Gasteiger partial charge >= 0.3 is 5.63 Å². The number of aryl methyl sites for hydroxylation is 2. The normalized spacial score (nSPS) is 11.4. The van der Waals surface area contributed by atoms with Gasteiger partial charge in [-0.15, -0.1) is 6.58 Å². The van der Waals surface area contributed by atoms with Crippen molar-refractivity contribution in [2.75, 3.05) is 0 Å². The van der Waals surface area contributed by atoms with Gasteiger partial charge in [-0.2, -0.15) is 0 Å². The molecule has 0 aliphatic heterocycles. The van der Waals surface area contributed by atoms with E-state index in [-0.39, 0.29) is 28.9 Å². The first-order chi connectivity index (χ1) is 17.0. The fourth-order valence-corrected chi connectivity index (χ4v) is 3.83. The standard InChI is InChI=1S/C29H31F3O3/c1-3-5-7-8-9-11-12-20-14-15-22(27(31)26(20)30)19-34-24-17-16-21-18-23(13-10-6-4-2)35-29(33)25(21)28(24)32/h3,8-9,14-18H,1,4-7,10-13,19H2,2H3/b9-8+. The van der Waals surface area contributed by atoms with Gasteiger partial charge in [0, 0.05) is 12.0 Å². The summed E-state index contributed by atoms with van der Waals surface area (Å²) in [5.41, 5.74) is -0.550. The number of ether oxygens (including phenoxy) is 1. The van der Waals surface area contributed by atoms with Crippen molar-refractivity contribution in [2.45, 2.75) is 64.9 Å². The summed E-state index contributed by atoms with van der Waals surface area (Å²) < 4.78 is 54.8. The van der Waals surface area contributed by atoms with Crippen LogP contribution in [0.5, 0.6) is 5.75 Å². The van der Waals surface area contributed by atoms with Crippen LogP contribution in [0.4, 0.5) is 13.2 Å². The Kier molecular flexibility index (Phi) is 9.76. The predicted octanol–water partition coefficient (Wildman–Crippen LogP) is 7.98. The molecule has 1 aromatic heterocycles. The highest BCUT2D eigenvalue weighted by molar-refractivity contribution is 5.83. The van der Waals surface area contributed by atoms with Crippen LogP contribution in [0.15, 0.2) is 64.4 Å². The topological polar surface area (TPSA) is 39.4 Å². The van der Waals surface area contributed by atoms with E-state index < -0.39 is 23.1 Å². The zero-order valence-corrected chi connectivity index (χ0v) is 20.0. The molecule has 0 saturated carbocycles. The molecule has 0 aliphatic rings. The highest BCUT2D eigenvalue weighted by Gasteiger charge is 2.17. The average molecular weight is 485 g/mol. The Labute approximate surface area is 203 Å². The summed E-state index contributed by atoms with van der Waals surface area (Å²) in [7, 11) is 0. The number of hydrogen-bond donors (Lipinski definition) is 0. The Morgan fingerprint density at radius 3 is 2.43 bits per heavy atom. The summed E-state index contributed by atoms with van der Waals surface area (Å²) in [6, 6.07) is 7.55. The molecule has 0 N–H and O–H groups in total. The monoisotopic (exact) mass is 484 g/mol. The fourth-order valence-electron chi connectivity index (χ4n) is 3.83. The number of allylic oxidation sites excluding steroid dienone is 3. The number of hydrogen-bond acceptors (Lipinski definition) is 3. The number of benzene rings is 2. The van der Waals surface area contributed by atoms with Gasteiger partial charge in [-0.05, 0) is 55.2 Å². The molecule has 186 valence electrons. The van der Waals surface area contributed by atoms with Crippen molar-refractivity contribution in [1.82, 2.24) is 0 Å². The zero-order chi connectivity index (χ0) is 25.2. The van der Waals surface area contributed by atoms with Crippen LogP contribution in [0, 0.1) is 17.5 Å². The first-order valence-corrected chi connectivity index (χ1v) is 12.1. The maximum absolute atomic E-state index is 15.0. The minimum Gasteiger partial charge on any atom is -0.486 e. The van der Waals surface area contributed by atoms with Crippen molar-refractivity contribution in [1.29, 1.82) is 0 Å². The Hall–Kier alpha value is -3.28. The Bertz CT molecular complexity index is 1240. The largest absolute Gasteiger partial charge is 0.486 e. The highest BCUT2D eigenvalue weighted by Crippen LogP contribution is 2.27. The molecule has 0 radical (unpaired) electrons. The molecule has 3 aromatic rings. The molecule has 35 heavy (non-hydrogen) atoms. The first-order valence-electron chi connectivity index (χ1n) is 12.1. The van der Waals surface area contributed by atoms with E-state index in [1.54, 1.807) is 12.1 Å². The summed E-state index contributed by atoms with van der Waals surface area (Å²) in [4.78, 5) is 12.4. The maximum atomic E-state index is 15.0. The molecule has 0 fully saturated rings. The lowest BCUT2D eigenvalue weighted by molar-refractivity contribution is 0.283.